The number of methoxy groups -OCH3 is 1. The van der Waals surface area contributed by atoms with Gasteiger partial charge in [0.15, 0.2) is 11.5 Å². The highest BCUT2D eigenvalue weighted by Crippen LogP contribution is 2.36. The predicted molar refractivity (Wildman–Crippen MR) is 89.6 cm³/mol. The predicted octanol–water partition coefficient (Wildman–Crippen LogP) is 2.75. The van der Waals surface area contributed by atoms with Gasteiger partial charge in [0.05, 0.1) is 24.9 Å². The summed E-state index contributed by atoms with van der Waals surface area (Å²) in [6.07, 6.45) is 1.86. The molecule has 126 valence electrons. The molecule has 0 aliphatic carbocycles. The fourth-order valence-electron chi connectivity index (χ4n) is 2.20. The second kappa shape index (κ2) is 6.95. The fraction of sp³-hybridized carbons (Fsp3) is 0.529. The molecule has 1 aromatic carbocycles. The monoisotopic (exact) mass is 320 g/mol. The van der Waals surface area contributed by atoms with E-state index in [2.05, 4.69) is 0 Å². The first-order chi connectivity index (χ1) is 10.8. The first kappa shape index (κ1) is 17.9. The molecule has 0 amide bonds. The van der Waals surface area contributed by atoms with E-state index in [-0.39, 0.29) is 24.9 Å². The van der Waals surface area contributed by atoms with Gasteiger partial charge < -0.3 is 23.9 Å². The minimum Gasteiger partial charge on any atom is -0.493 e. The highest BCUT2D eigenvalue weighted by molar-refractivity contribution is 6.51. The number of rotatable bonds is 6. The molecule has 1 N–H and O–H groups in total. The first-order valence-corrected chi connectivity index (χ1v) is 7.72. The quantitative estimate of drug-likeness (QED) is 0.817. The summed E-state index contributed by atoms with van der Waals surface area (Å²) in [5.41, 5.74) is 0.0975. The van der Waals surface area contributed by atoms with E-state index in [1.165, 1.54) is 0 Å². The Bertz CT molecular complexity index is 552. The molecule has 0 atom stereocenters. The average molecular weight is 320 g/mol. The van der Waals surface area contributed by atoms with E-state index in [1.54, 1.807) is 25.3 Å². The van der Waals surface area contributed by atoms with Gasteiger partial charge in [0.2, 0.25) is 0 Å². The molecule has 23 heavy (non-hydrogen) atoms. The van der Waals surface area contributed by atoms with Gasteiger partial charge in [-0.25, -0.2) is 0 Å². The van der Waals surface area contributed by atoms with Crippen molar-refractivity contribution in [1.82, 2.24) is 0 Å². The SMILES string of the molecule is COc1cc(CO)ccc1OC/C=C/B1OC(C)(C)C(C)(C)O1. The van der Waals surface area contributed by atoms with Crippen molar-refractivity contribution in [3.8, 4) is 11.5 Å². The van der Waals surface area contributed by atoms with Crippen molar-refractivity contribution in [3.63, 3.8) is 0 Å². The lowest BCUT2D eigenvalue weighted by atomic mass is 9.90. The molecule has 1 heterocycles. The summed E-state index contributed by atoms with van der Waals surface area (Å²) in [4.78, 5) is 0. The molecular formula is C17H25BO5. The molecule has 0 bridgehead atoms. The molecule has 1 aliphatic heterocycles. The molecule has 0 unspecified atom stereocenters. The van der Waals surface area contributed by atoms with Gasteiger partial charge >= 0.3 is 7.12 Å². The zero-order valence-electron chi connectivity index (χ0n) is 14.5. The van der Waals surface area contributed by atoms with Gasteiger partial charge in [0, 0.05) is 0 Å². The van der Waals surface area contributed by atoms with E-state index in [0.717, 1.165) is 5.56 Å². The summed E-state index contributed by atoms with van der Waals surface area (Å²) >= 11 is 0. The molecule has 0 saturated carbocycles. The van der Waals surface area contributed by atoms with Crippen molar-refractivity contribution in [2.75, 3.05) is 13.7 Å². The molecule has 0 aromatic heterocycles. The van der Waals surface area contributed by atoms with Crippen LogP contribution in [0.2, 0.25) is 0 Å². The summed E-state index contributed by atoms with van der Waals surface area (Å²) in [5, 5.41) is 9.13. The lowest BCUT2D eigenvalue weighted by molar-refractivity contribution is 0.00578. The Morgan fingerprint density at radius 2 is 1.78 bits per heavy atom. The zero-order valence-corrected chi connectivity index (χ0v) is 14.5. The maximum absolute atomic E-state index is 9.13. The standard InChI is InChI=1S/C17H25BO5/c1-16(2)17(3,4)23-18(22-16)9-6-10-21-14-8-7-13(12-19)11-15(14)20-5/h6-9,11,19H,10,12H2,1-5H3/b9-6+. The summed E-state index contributed by atoms with van der Waals surface area (Å²) < 4.78 is 22.7. The van der Waals surface area contributed by atoms with Gasteiger partial charge in [0.25, 0.3) is 0 Å². The fourth-order valence-corrected chi connectivity index (χ4v) is 2.20. The third-order valence-electron chi connectivity index (χ3n) is 4.31. The highest BCUT2D eigenvalue weighted by Gasteiger charge is 2.49. The maximum Gasteiger partial charge on any atom is 0.486 e. The third-order valence-corrected chi connectivity index (χ3v) is 4.31. The Morgan fingerprint density at radius 1 is 1.13 bits per heavy atom. The van der Waals surface area contributed by atoms with Crippen LogP contribution in [0.25, 0.3) is 0 Å². The molecular weight excluding hydrogens is 295 g/mol. The second-order valence-electron chi connectivity index (χ2n) is 6.51. The van der Waals surface area contributed by atoms with Crippen LogP contribution in [0, 0.1) is 0 Å². The number of aliphatic hydroxyl groups excluding tert-OH is 1. The van der Waals surface area contributed by atoms with Gasteiger partial charge in [0.1, 0.15) is 6.61 Å². The van der Waals surface area contributed by atoms with Crippen LogP contribution >= 0.6 is 0 Å². The Morgan fingerprint density at radius 3 is 2.35 bits per heavy atom. The lowest BCUT2D eigenvalue weighted by Gasteiger charge is -2.32. The van der Waals surface area contributed by atoms with Gasteiger partial charge in [-0.05, 0) is 45.4 Å². The van der Waals surface area contributed by atoms with Gasteiger partial charge in [-0.3, -0.25) is 0 Å². The Kier molecular flexibility index (Phi) is 5.39. The Balaban J connectivity index is 1.91. The molecule has 0 spiro atoms. The van der Waals surface area contributed by atoms with Crippen molar-refractivity contribution in [3.05, 3.63) is 35.8 Å². The van der Waals surface area contributed by atoms with Crippen molar-refractivity contribution in [2.45, 2.75) is 45.5 Å². The lowest BCUT2D eigenvalue weighted by Crippen LogP contribution is -2.41. The van der Waals surface area contributed by atoms with E-state index < -0.39 is 0 Å². The van der Waals surface area contributed by atoms with Crippen LogP contribution in [0.15, 0.2) is 30.3 Å². The molecule has 1 fully saturated rings. The largest absolute Gasteiger partial charge is 0.493 e. The van der Waals surface area contributed by atoms with Crippen LogP contribution in [0.4, 0.5) is 0 Å². The van der Waals surface area contributed by atoms with E-state index in [1.807, 2.05) is 39.7 Å². The van der Waals surface area contributed by atoms with Gasteiger partial charge in [-0.15, -0.1) is 0 Å². The van der Waals surface area contributed by atoms with Crippen molar-refractivity contribution >= 4 is 7.12 Å². The maximum atomic E-state index is 9.13. The molecule has 1 aromatic rings. The molecule has 5 nitrogen and oxygen atoms in total. The van der Waals surface area contributed by atoms with Gasteiger partial charge in [-0.2, -0.15) is 0 Å². The van der Waals surface area contributed by atoms with Gasteiger partial charge in [-0.1, -0.05) is 18.1 Å². The number of aliphatic hydroxyl groups is 1. The van der Waals surface area contributed by atoms with Crippen molar-refractivity contribution in [2.24, 2.45) is 0 Å². The topological polar surface area (TPSA) is 57.2 Å². The summed E-state index contributed by atoms with van der Waals surface area (Å²) in [7, 11) is 1.20. The normalized spacial score (nSPS) is 19.3. The number of hydrogen-bond donors (Lipinski definition) is 1. The van der Waals surface area contributed by atoms with Crippen LogP contribution in [-0.2, 0) is 15.9 Å². The highest BCUT2D eigenvalue weighted by atomic mass is 16.7. The molecule has 6 heteroatoms. The molecule has 0 radical (unpaired) electrons. The summed E-state index contributed by atoms with van der Waals surface area (Å²) in [5.74, 6) is 3.08. The van der Waals surface area contributed by atoms with Crippen LogP contribution in [0.5, 0.6) is 11.5 Å². The van der Waals surface area contributed by atoms with Crippen LogP contribution in [0.3, 0.4) is 0 Å². The smallest absolute Gasteiger partial charge is 0.486 e. The molecule has 1 aliphatic rings. The average Bonchev–Trinajstić information content (AvgIpc) is 2.71. The van der Waals surface area contributed by atoms with Crippen LogP contribution in [0.1, 0.15) is 33.3 Å². The van der Waals surface area contributed by atoms with E-state index >= 15 is 0 Å². The summed E-state index contributed by atoms with van der Waals surface area (Å²) in [6, 6.07) is 5.34. The first-order valence-electron chi connectivity index (χ1n) is 7.72. The van der Waals surface area contributed by atoms with E-state index in [4.69, 9.17) is 23.9 Å². The number of ether oxygens (including phenoxy) is 2. The van der Waals surface area contributed by atoms with Crippen molar-refractivity contribution < 1.29 is 23.9 Å². The zero-order chi connectivity index (χ0) is 17.1. The van der Waals surface area contributed by atoms with Crippen molar-refractivity contribution in [1.29, 1.82) is 0 Å². The minimum atomic E-state index is -0.373. The Hall–Kier alpha value is -1.50. The van der Waals surface area contributed by atoms with E-state index in [9.17, 15) is 0 Å². The molecule has 2 rings (SSSR count). The third kappa shape index (κ3) is 4.08. The second-order valence-corrected chi connectivity index (χ2v) is 6.51. The van der Waals surface area contributed by atoms with Crippen LogP contribution in [-0.4, -0.2) is 37.1 Å². The minimum absolute atomic E-state index is 0.0293. The molecule has 1 saturated heterocycles. The number of hydrogen-bond acceptors (Lipinski definition) is 5. The van der Waals surface area contributed by atoms with Crippen LogP contribution < -0.4 is 9.47 Å². The number of benzene rings is 1. The summed E-state index contributed by atoms with van der Waals surface area (Å²) in [6.45, 7) is 8.42. The Labute approximate surface area is 138 Å². The van der Waals surface area contributed by atoms with E-state index in [0.29, 0.717) is 18.1 Å².